The summed E-state index contributed by atoms with van der Waals surface area (Å²) in [5.41, 5.74) is 1.33. The summed E-state index contributed by atoms with van der Waals surface area (Å²) >= 11 is 0. The highest BCUT2D eigenvalue weighted by molar-refractivity contribution is 5.82. The molecule has 0 radical (unpaired) electrons. The minimum atomic E-state index is -0.652. The van der Waals surface area contributed by atoms with Crippen LogP contribution in [0, 0.1) is 0 Å². The second-order valence-corrected chi connectivity index (χ2v) is 6.23. The van der Waals surface area contributed by atoms with Crippen LogP contribution in [0.3, 0.4) is 0 Å². The Morgan fingerprint density at radius 1 is 1.12 bits per heavy atom. The smallest absolute Gasteiger partial charge is 0.320 e. The number of aliphatic hydroxyl groups is 1. The molecule has 10 nitrogen and oxygen atoms in total. The standard InChI is InChI=1S/C15H21N7O3/c23-11-7-21(14-12-13(17-9-16-12)18-10-19-14)1-2-22(8-11)15(24)20-3-5-25-6-4-20/h9-11,23H,1-8H2,(H,16,17,18,19). The molecule has 2 aliphatic heterocycles. The van der Waals surface area contributed by atoms with Crippen LogP contribution in [0.15, 0.2) is 12.7 Å². The van der Waals surface area contributed by atoms with Crippen LogP contribution in [0.2, 0.25) is 0 Å². The molecule has 2 fully saturated rings. The van der Waals surface area contributed by atoms with Crippen LogP contribution < -0.4 is 4.90 Å². The van der Waals surface area contributed by atoms with Gasteiger partial charge in [-0.25, -0.2) is 19.7 Å². The molecule has 2 aromatic heterocycles. The van der Waals surface area contributed by atoms with Gasteiger partial charge in [0.05, 0.1) is 32.2 Å². The second kappa shape index (κ2) is 6.81. The van der Waals surface area contributed by atoms with Crippen molar-refractivity contribution in [2.75, 3.05) is 57.4 Å². The number of aromatic nitrogens is 4. The number of aliphatic hydroxyl groups excluding tert-OH is 1. The van der Waals surface area contributed by atoms with Crippen LogP contribution in [0.1, 0.15) is 0 Å². The molecule has 0 aromatic carbocycles. The van der Waals surface area contributed by atoms with Crippen molar-refractivity contribution in [2.24, 2.45) is 0 Å². The third-order valence-corrected chi connectivity index (χ3v) is 4.56. The fourth-order valence-electron chi connectivity index (χ4n) is 3.30. The lowest BCUT2D eigenvalue weighted by molar-refractivity contribution is 0.0400. The van der Waals surface area contributed by atoms with Crippen molar-refractivity contribution >= 4 is 23.0 Å². The molecular formula is C15H21N7O3. The van der Waals surface area contributed by atoms with Gasteiger partial charge >= 0.3 is 6.03 Å². The predicted molar refractivity (Wildman–Crippen MR) is 89.3 cm³/mol. The molecule has 1 unspecified atom stereocenters. The normalized spacial score (nSPS) is 22.3. The number of carbonyl (C=O) groups is 1. The Hall–Kier alpha value is -2.46. The molecule has 1 atom stereocenters. The number of β-amino-alcohol motifs (C(OH)–C–C–N with tert-alkyl or cyclic N) is 1. The molecule has 134 valence electrons. The summed E-state index contributed by atoms with van der Waals surface area (Å²) in [7, 11) is 0. The molecule has 2 aliphatic rings. The molecule has 2 saturated heterocycles. The number of morpholine rings is 1. The lowest BCUT2D eigenvalue weighted by Gasteiger charge is -2.32. The molecule has 0 aliphatic carbocycles. The predicted octanol–water partition coefficient (Wildman–Crippen LogP) is -0.712. The highest BCUT2D eigenvalue weighted by Crippen LogP contribution is 2.21. The topological polar surface area (TPSA) is 111 Å². The van der Waals surface area contributed by atoms with Gasteiger partial charge in [0.1, 0.15) is 11.8 Å². The Labute approximate surface area is 144 Å². The summed E-state index contributed by atoms with van der Waals surface area (Å²) < 4.78 is 5.30. The molecule has 4 rings (SSSR count). The van der Waals surface area contributed by atoms with E-state index in [-0.39, 0.29) is 6.03 Å². The summed E-state index contributed by atoms with van der Waals surface area (Å²) in [4.78, 5) is 33.8. The lowest BCUT2D eigenvalue weighted by atomic mass is 10.3. The zero-order chi connectivity index (χ0) is 17.2. The van der Waals surface area contributed by atoms with Gasteiger partial charge < -0.3 is 29.5 Å². The number of nitrogens with zero attached hydrogens (tertiary/aromatic N) is 6. The number of aromatic amines is 1. The Morgan fingerprint density at radius 3 is 2.80 bits per heavy atom. The first-order valence-electron chi connectivity index (χ1n) is 8.41. The fourth-order valence-corrected chi connectivity index (χ4v) is 3.30. The molecule has 0 bridgehead atoms. The van der Waals surface area contributed by atoms with Gasteiger partial charge in [0.25, 0.3) is 0 Å². The summed E-state index contributed by atoms with van der Waals surface area (Å²) in [5.74, 6) is 0.697. The van der Waals surface area contributed by atoms with Crippen molar-refractivity contribution in [3.63, 3.8) is 0 Å². The lowest BCUT2D eigenvalue weighted by Crippen LogP contribution is -2.50. The Balaban J connectivity index is 1.51. The van der Waals surface area contributed by atoms with Gasteiger partial charge in [0.15, 0.2) is 11.5 Å². The number of carbonyl (C=O) groups excluding carboxylic acids is 1. The van der Waals surface area contributed by atoms with E-state index < -0.39 is 6.10 Å². The van der Waals surface area contributed by atoms with Crippen LogP contribution >= 0.6 is 0 Å². The van der Waals surface area contributed by atoms with E-state index in [2.05, 4.69) is 19.9 Å². The maximum absolute atomic E-state index is 12.7. The van der Waals surface area contributed by atoms with Crippen molar-refractivity contribution < 1.29 is 14.6 Å². The number of anilines is 1. The average Bonchev–Trinajstić information content (AvgIpc) is 3.04. The number of rotatable bonds is 1. The molecule has 2 N–H and O–H groups in total. The van der Waals surface area contributed by atoms with E-state index in [1.54, 1.807) is 16.1 Å². The number of ether oxygens (including phenoxy) is 1. The SMILES string of the molecule is O=C(N1CCOCC1)N1CCN(c2ncnc3nc[nH]c23)CC(O)C1. The Bertz CT molecular complexity index is 746. The van der Waals surface area contributed by atoms with Gasteiger partial charge in [0, 0.05) is 32.7 Å². The molecular weight excluding hydrogens is 326 g/mol. The maximum Gasteiger partial charge on any atom is 0.320 e. The summed E-state index contributed by atoms with van der Waals surface area (Å²) in [6.07, 6.45) is 2.39. The van der Waals surface area contributed by atoms with E-state index in [0.29, 0.717) is 63.9 Å². The van der Waals surface area contributed by atoms with Crippen molar-refractivity contribution in [1.82, 2.24) is 29.7 Å². The van der Waals surface area contributed by atoms with Crippen molar-refractivity contribution in [3.05, 3.63) is 12.7 Å². The first-order chi connectivity index (χ1) is 12.2. The molecule has 0 spiro atoms. The van der Waals surface area contributed by atoms with E-state index in [4.69, 9.17) is 4.74 Å². The van der Waals surface area contributed by atoms with Gasteiger partial charge in [-0.05, 0) is 0 Å². The quantitative estimate of drug-likeness (QED) is 0.701. The molecule has 0 saturated carbocycles. The molecule has 10 heteroatoms. The monoisotopic (exact) mass is 347 g/mol. The molecule has 2 aromatic rings. The van der Waals surface area contributed by atoms with E-state index >= 15 is 0 Å². The van der Waals surface area contributed by atoms with Gasteiger partial charge in [-0.1, -0.05) is 0 Å². The Morgan fingerprint density at radius 2 is 1.96 bits per heavy atom. The first kappa shape index (κ1) is 16.0. The third kappa shape index (κ3) is 3.22. The first-order valence-corrected chi connectivity index (χ1v) is 8.41. The maximum atomic E-state index is 12.7. The van der Waals surface area contributed by atoms with Crippen LogP contribution in [-0.2, 0) is 4.74 Å². The van der Waals surface area contributed by atoms with E-state index in [9.17, 15) is 9.90 Å². The van der Waals surface area contributed by atoms with Gasteiger partial charge in [-0.3, -0.25) is 0 Å². The summed E-state index contributed by atoms with van der Waals surface area (Å²) in [6, 6.07) is -0.0430. The number of urea groups is 1. The van der Waals surface area contributed by atoms with Gasteiger partial charge in [-0.15, -0.1) is 0 Å². The highest BCUT2D eigenvalue weighted by Gasteiger charge is 2.29. The zero-order valence-electron chi connectivity index (χ0n) is 13.8. The second-order valence-electron chi connectivity index (χ2n) is 6.23. The number of hydrogen-bond acceptors (Lipinski definition) is 7. The van der Waals surface area contributed by atoms with Crippen LogP contribution in [-0.4, -0.2) is 99.5 Å². The molecule has 2 amide bonds. The van der Waals surface area contributed by atoms with Crippen molar-refractivity contribution in [2.45, 2.75) is 6.10 Å². The average molecular weight is 347 g/mol. The minimum Gasteiger partial charge on any atom is -0.389 e. The van der Waals surface area contributed by atoms with E-state index in [1.165, 1.54) is 6.33 Å². The number of H-pyrrole nitrogens is 1. The fraction of sp³-hybridized carbons (Fsp3) is 0.600. The molecule has 25 heavy (non-hydrogen) atoms. The molecule has 4 heterocycles. The minimum absolute atomic E-state index is 0.0430. The number of hydrogen-bond donors (Lipinski definition) is 2. The largest absolute Gasteiger partial charge is 0.389 e. The van der Waals surface area contributed by atoms with Crippen molar-refractivity contribution in [1.29, 1.82) is 0 Å². The highest BCUT2D eigenvalue weighted by atomic mass is 16.5. The zero-order valence-corrected chi connectivity index (χ0v) is 13.8. The number of nitrogens with one attached hydrogen (secondary N) is 1. The Kier molecular flexibility index (Phi) is 4.36. The van der Waals surface area contributed by atoms with Gasteiger partial charge in [-0.2, -0.15) is 0 Å². The number of amides is 2. The van der Waals surface area contributed by atoms with Crippen LogP contribution in [0.5, 0.6) is 0 Å². The van der Waals surface area contributed by atoms with E-state index in [0.717, 1.165) is 5.52 Å². The summed E-state index contributed by atoms with van der Waals surface area (Å²) in [5, 5.41) is 10.4. The van der Waals surface area contributed by atoms with Crippen molar-refractivity contribution in [3.8, 4) is 0 Å². The van der Waals surface area contributed by atoms with Gasteiger partial charge in [0.2, 0.25) is 0 Å². The van der Waals surface area contributed by atoms with Crippen LogP contribution in [0.4, 0.5) is 10.6 Å². The van der Waals surface area contributed by atoms with Crippen LogP contribution in [0.25, 0.3) is 11.2 Å². The third-order valence-electron chi connectivity index (χ3n) is 4.56. The number of fused-ring (bicyclic) bond motifs is 1. The summed E-state index contributed by atoms with van der Waals surface area (Å²) in [6.45, 7) is 4.12. The van der Waals surface area contributed by atoms with E-state index in [1.807, 2.05) is 4.90 Å². The number of imidazole rings is 1.